The molecule has 0 aliphatic carbocycles. The maximum Gasteiger partial charge on any atom is 0.355 e. The van der Waals surface area contributed by atoms with Gasteiger partial charge in [0.05, 0.1) is 41.7 Å². The number of carboxylic acids is 1. The Balaban J connectivity index is -0.0000000435. The number of carbonyl (C=O) groups excluding carboxylic acids is 6. The first-order chi connectivity index (χ1) is 37.0. The minimum Gasteiger partial charge on any atom is -0.490 e. The second-order valence-electron chi connectivity index (χ2n) is 14.4. The molecule has 0 saturated heterocycles. The molecule has 0 aromatic rings. The number of allylic oxidation sites excluding steroid dienone is 3. The van der Waals surface area contributed by atoms with Gasteiger partial charge in [-0.1, -0.05) is 146 Å². The van der Waals surface area contributed by atoms with Crippen LogP contribution in [0.15, 0.2) is 24.3 Å². The van der Waals surface area contributed by atoms with E-state index in [0.717, 1.165) is 65.3 Å². The van der Waals surface area contributed by atoms with E-state index >= 15 is 0 Å². The highest BCUT2D eigenvalue weighted by Crippen LogP contribution is 2.19. The molecule has 0 fully saturated rings. The third-order valence-electron chi connectivity index (χ3n) is 7.05. The molecular weight excluding hydrogens is 1070 g/mol. The number of aliphatic hydroxyl groups is 1. The third kappa shape index (κ3) is 228. The number of aliphatic hydroxyl groups excluding tert-OH is 1. The van der Waals surface area contributed by atoms with Crippen molar-refractivity contribution < 1.29 is 85.4 Å². The molecule has 0 bridgehead atoms. The van der Waals surface area contributed by atoms with Crippen LogP contribution in [-0.2, 0) is 62.0 Å². The number of hydrogen-bond acceptors (Lipinski definition) is 15. The zero-order valence-corrected chi connectivity index (χ0v) is 56.0. The van der Waals surface area contributed by atoms with E-state index in [1.54, 1.807) is 34.0 Å². The van der Waals surface area contributed by atoms with E-state index in [-0.39, 0.29) is 42.7 Å². The topological polar surface area (TPSA) is 215 Å². The van der Waals surface area contributed by atoms with Crippen molar-refractivity contribution in [3.8, 4) is 0 Å². The van der Waals surface area contributed by atoms with Gasteiger partial charge in [0.1, 0.15) is 12.6 Å². The number of rotatable bonds is 23. The predicted molar refractivity (Wildman–Crippen MR) is 331 cm³/mol. The van der Waals surface area contributed by atoms with Crippen LogP contribution in [0.4, 0.5) is 13.2 Å². The van der Waals surface area contributed by atoms with E-state index in [2.05, 4.69) is 84.3 Å². The van der Waals surface area contributed by atoms with Gasteiger partial charge in [-0.3, -0.25) is 23.6 Å². The minimum atomic E-state index is -2.91. The monoisotopic (exact) mass is 1200 g/mol. The van der Waals surface area contributed by atoms with E-state index < -0.39 is 12.1 Å². The summed E-state index contributed by atoms with van der Waals surface area (Å²) in [5.41, 5.74) is 0. The Bertz CT molecular complexity index is 1110. The highest BCUT2D eigenvalue weighted by Gasteiger charge is 2.25. The quantitative estimate of drug-likeness (QED) is 0.0185. The number of methoxy groups -OCH3 is 4. The lowest BCUT2D eigenvalue weighted by atomic mass is 10.2. The maximum atomic E-state index is 11.9. The van der Waals surface area contributed by atoms with Crippen molar-refractivity contribution in [2.45, 2.75) is 259 Å². The van der Waals surface area contributed by atoms with Crippen molar-refractivity contribution in [1.82, 2.24) is 0 Å². The molecule has 0 aliphatic heterocycles. The van der Waals surface area contributed by atoms with Gasteiger partial charge in [-0.05, 0) is 98.7 Å². The Morgan fingerprint density at radius 1 is 0.494 bits per heavy atom. The summed E-state index contributed by atoms with van der Waals surface area (Å²) >= 11 is 4.73. The van der Waals surface area contributed by atoms with Crippen LogP contribution in [-0.4, -0.2) is 120 Å². The van der Waals surface area contributed by atoms with Gasteiger partial charge in [0.2, 0.25) is 0 Å². The number of thiocarbonyl (C=S) groups is 1. The molecule has 0 radical (unpaired) electrons. The average molecular weight is 1200 g/mol. The summed E-state index contributed by atoms with van der Waals surface area (Å²) in [6.45, 7) is 33.8. The van der Waals surface area contributed by atoms with Crippen molar-refractivity contribution in [2.75, 3.05) is 55.9 Å². The number of aliphatic carboxylic acids is 1. The second-order valence-corrected chi connectivity index (χ2v) is 14.9. The van der Waals surface area contributed by atoms with E-state index in [4.69, 9.17) is 36.8 Å². The zero-order chi connectivity index (χ0) is 64.7. The largest absolute Gasteiger partial charge is 0.490 e. The molecule has 484 valence electrons. The molecule has 0 amide bonds. The molecule has 0 aliphatic rings. The van der Waals surface area contributed by atoms with Crippen LogP contribution < -0.4 is 0 Å². The predicted octanol–water partition coefficient (Wildman–Crippen LogP) is 17.2. The first kappa shape index (κ1) is 114. The van der Waals surface area contributed by atoms with Gasteiger partial charge < -0.3 is 48.2 Å². The Morgan fingerprint density at radius 3 is 0.975 bits per heavy atom. The maximum absolute atomic E-state index is 11.9. The molecule has 0 saturated carbocycles. The van der Waals surface area contributed by atoms with Gasteiger partial charge in [-0.2, -0.15) is 8.78 Å². The number of alkyl halides is 3. The smallest absolute Gasteiger partial charge is 0.355 e. The normalized spacial score (nSPS) is 8.39. The van der Waals surface area contributed by atoms with Gasteiger partial charge in [0.25, 0.3) is 0 Å². The van der Waals surface area contributed by atoms with Crippen molar-refractivity contribution in [3.05, 3.63) is 24.3 Å². The fourth-order valence-corrected chi connectivity index (χ4v) is 3.68. The van der Waals surface area contributed by atoms with E-state index in [1.807, 2.05) is 34.6 Å². The molecule has 79 heavy (non-hydrogen) atoms. The summed E-state index contributed by atoms with van der Waals surface area (Å²) in [4.78, 5) is 68.3. The number of carbonyl (C=O) groups is 7. The zero-order valence-electron chi connectivity index (χ0n) is 54.4. The fraction of sp³-hybridized carbons (Fsp3) is 0.797. The van der Waals surface area contributed by atoms with E-state index in [1.165, 1.54) is 91.9 Å². The van der Waals surface area contributed by atoms with Crippen molar-refractivity contribution >= 4 is 72.1 Å². The van der Waals surface area contributed by atoms with Crippen LogP contribution in [0.2, 0.25) is 0 Å². The van der Waals surface area contributed by atoms with Crippen molar-refractivity contribution in [2.24, 2.45) is 0 Å². The molecule has 0 aromatic heterocycles. The number of esters is 4. The van der Waals surface area contributed by atoms with E-state index in [9.17, 15) is 37.1 Å². The van der Waals surface area contributed by atoms with Crippen LogP contribution in [0.3, 0.4) is 0 Å². The molecule has 0 rings (SSSR count). The minimum absolute atomic E-state index is 0. The number of unbranched alkanes of at least 4 members (excludes halogenated alkanes) is 6. The van der Waals surface area contributed by atoms with Crippen LogP contribution in [0.1, 0.15) is 253 Å². The number of halogens is 4. The Kier molecular flexibility index (Phi) is 188. The van der Waals surface area contributed by atoms with Gasteiger partial charge in [0.15, 0.2) is 5.05 Å². The summed E-state index contributed by atoms with van der Waals surface area (Å²) in [5, 5.41) is 15.6. The highest BCUT2D eigenvalue weighted by atomic mass is 35.5. The summed E-state index contributed by atoms with van der Waals surface area (Å²) < 4.78 is 59.8. The highest BCUT2D eigenvalue weighted by molar-refractivity contribution is 7.80. The molecule has 0 aromatic carbocycles. The van der Waals surface area contributed by atoms with Crippen LogP contribution in [0.25, 0.3) is 0 Å². The van der Waals surface area contributed by atoms with Gasteiger partial charge in [-0.15, -0.1) is 12.4 Å². The first-order valence-electron chi connectivity index (χ1n) is 27.5. The SMILES string of the molecule is C/C=C/C(=O)OCC.C/C=C/CCC.CC=O.CC=O.CCCC(=O)O.CCCC(=O)OC.CCCC(=O)OC.CCCC(=O)OCC.CCCC(=S)OC.CCCC(F)(F)OC.CCCCC.CCCCCC.CF.CO.Cl. The average Bonchev–Trinajstić information content (AvgIpc) is 3.41. The lowest BCUT2D eigenvalue weighted by molar-refractivity contribution is -0.225. The second kappa shape index (κ2) is 130. The van der Waals surface area contributed by atoms with Crippen LogP contribution in [0.5, 0.6) is 0 Å². The van der Waals surface area contributed by atoms with Crippen LogP contribution in [0, 0.1) is 0 Å². The molecular formula is C59H124ClF3O15S. The summed E-state index contributed by atoms with van der Waals surface area (Å²) in [7, 11) is 6.92. The third-order valence-corrected chi connectivity index (χ3v) is 7.42. The lowest BCUT2D eigenvalue weighted by Gasteiger charge is -2.10. The van der Waals surface area contributed by atoms with Crippen LogP contribution >= 0.6 is 24.6 Å². The molecule has 0 atom stereocenters. The van der Waals surface area contributed by atoms with Crippen molar-refractivity contribution in [3.63, 3.8) is 0 Å². The number of ether oxygens (including phenoxy) is 6. The molecule has 15 nitrogen and oxygen atoms in total. The van der Waals surface area contributed by atoms with Gasteiger partial charge in [0, 0.05) is 58.8 Å². The Morgan fingerprint density at radius 2 is 0.835 bits per heavy atom. The molecule has 0 unspecified atom stereocenters. The van der Waals surface area contributed by atoms with Gasteiger partial charge in [-0.25, -0.2) is 4.79 Å². The van der Waals surface area contributed by atoms with Gasteiger partial charge >= 0.3 is 36.0 Å². The van der Waals surface area contributed by atoms with Crippen molar-refractivity contribution in [1.29, 1.82) is 0 Å². The number of aldehydes is 2. The molecule has 20 heteroatoms. The van der Waals surface area contributed by atoms with E-state index in [0.29, 0.717) is 57.5 Å². The number of hydrogen-bond donors (Lipinski definition) is 2. The lowest BCUT2D eigenvalue weighted by Crippen LogP contribution is -2.17. The molecule has 2 N–H and O–H groups in total. The summed E-state index contributed by atoms with van der Waals surface area (Å²) in [6, 6.07) is 0. The molecule has 0 spiro atoms. The summed E-state index contributed by atoms with van der Waals surface area (Å²) in [6.07, 6.45) is 25.5. The Hall–Kier alpha value is -3.94. The standard InChI is InChI=1S/C6H12O2.C6H10O2.C6H14.C6H12.C5H10F2O.2C5H10O2.C5H10OS.C5H12.C4H8O2.2C2H4O.CH3F.CH4O.ClH/c2*1-3-5-6(7)8-4-2;2*1-3-5-6-4-2;1-3-4-5(6,7)8-2;2*1-3-4-5(6)7-2;1-3-4-5(7)6-2;1-3-5-4-2;1-2-3-4(5)6;2*1-2-3;2*1-2;/h3-5H2,1-2H3;3,5H,4H2,1-2H3;3-6H2,1-2H3;3,5H,4,6H2,1-2H3;3-4H2,1-2H3;3*3-4H2,1-2H3;3-5H2,1-2H3;2-3H2,1H3,(H,5,6);2*2H,1H3;1H3;2H,1H3;1H/b;5-3+;;5-3+;;;;;;;;;;;. The first-order valence-corrected chi connectivity index (χ1v) is 28.0. The number of carboxylic acid groups (broad SMARTS) is 1. The fourth-order valence-electron chi connectivity index (χ4n) is 3.48. The molecule has 0 heterocycles. The Labute approximate surface area is 494 Å². The summed E-state index contributed by atoms with van der Waals surface area (Å²) in [5.74, 6) is -1.31.